The zero-order valence-electron chi connectivity index (χ0n) is 13.1. The molecular weight excluding hydrogens is 283 g/mol. The Hall–Kier alpha value is -1.46. The second-order valence-electron chi connectivity index (χ2n) is 5.78. The zero-order chi connectivity index (χ0) is 15.8. The number of hydrogen-bond donors (Lipinski definition) is 2. The Morgan fingerprint density at radius 2 is 2.09 bits per heavy atom. The highest BCUT2D eigenvalue weighted by Crippen LogP contribution is 2.36. The van der Waals surface area contributed by atoms with E-state index in [2.05, 4.69) is 10.6 Å². The molecule has 1 aliphatic rings. The fourth-order valence-electron chi connectivity index (χ4n) is 3.07. The monoisotopic (exact) mass is 308 g/mol. The second kappa shape index (κ2) is 8.86. The van der Waals surface area contributed by atoms with Crippen LogP contribution in [0.4, 0.5) is 4.39 Å². The minimum Gasteiger partial charge on any atom is -0.383 e. The fraction of sp³-hybridized carbons (Fsp3) is 0.588. The molecule has 2 N–H and O–H groups in total. The summed E-state index contributed by atoms with van der Waals surface area (Å²) in [5.41, 5.74) is 0.597. The molecule has 22 heavy (non-hydrogen) atoms. The largest absolute Gasteiger partial charge is 0.383 e. The number of amides is 1. The van der Waals surface area contributed by atoms with E-state index in [4.69, 9.17) is 4.74 Å². The third-order valence-corrected chi connectivity index (χ3v) is 4.20. The van der Waals surface area contributed by atoms with Gasteiger partial charge in [-0.25, -0.2) is 4.39 Å². The summed E-state index contributed by atoms with van der Waals surface area (Å²) in [6.45, 7) is 1.41. The van der Waals surface area contributed by atoms with Crippen LogP contribution in [-0.4, -0.2) is 32.7 Å². The van der Waals surface area contributed by atoms with E-state index in [0.717, 1.165) is 25.7 Å². The van der Waals surface area contributed by atoms with Gasteiger partial charge < -0.3 is 15.4 Å². The van der Waals surface area contributed by atoms with Crippen molar-refractivity contribution < 1.29 is 13.9 Å². The van der Waals surface area contributed by atoms with Crippen molar-refractivity contribution in [2.75, 3.05) is 26.8 Å². The summed E-state index contributed by atoms with van der Waals surface area (Å²) in [5, 5.41) is 6.03. The molecule has 5 heteroatoms. The predicted octanol–water partition coefficient (Wildman–Crippen LogP) is 2.41. The minimum absolute atomic E-state index is 0.101. The molecule has 0 aliphatic heterocycles. The number of halogens is 1. The van der Waals surface area contributed by atoms with Gasteiger partial charge in [0.15, 0.2) is 0 Å². The summed E-state index contributed by atoms with van der Waals surface area (Å²) >= 11 is 0. The van der Waals surface area contributed by atoms with Gasteiger partial charge in [0.2, 0.25) is 5.91 Å². The van der Waals surface area contributed by atoms with Crippen molar-refractivity contribution in [3.63, 3.8) is 0 Å². The first-order valence-corrected chi connectivity index (χ1v) is 7.96. The Morgan fingerprint density at radius 1 is 1.36 bits per heavy atom. The van der Waals surface area contributed by atoms with Gasteiger partial charge in [0.1, 0.15) is 5.82 Å². The average Bonchev–Trinajstić information content (AvgIpc) is 3.04. The van der Waals surface area contributed by atoms with Crippen molar-refractivity contribution >= 4 is 5.91 Å². The molecule has 1 fully saturated rings. The van der Waals surface area contributed by atoms with Crippen LogP contribution in [0.3, 0.4) is 0 Å². The molecule has 1 aliphatic carbocycles. The third-order valence-electron chi connectivity index (χ3n) is 4.20. The Balaban J connectivity index is 1.99. The Kier molecular flexibility index (Phi) is 6.80. The molecule has 2 rings (SSSR count). The van der Waals surface area contributed by atoms with Crippen LogP contribution in [0.1, 0.15) is 37.3 Å². The number of ether oxygens (including phenoxy) is 1. The first-order chi connectivity index (χ1) is 10.7. The highest BCUT2D eigenvalue weighted by molar-refractivity contribution is 5.78. The summed E-state index contributed by atoms with van der Waals surface area (Å²) < 4.78 is 19.0. The van der Waals surface area contributed by atoms with Gasteiger partial charge in [-0.1, -0.05) is 31.0 Å². The molecule has 1 amide bonds. The molecule has 1 unspecified atom stereocenters. The fourth-order valence-corrected chi connectivity index (χ4v) is 3.07. The van der Waals surface area contributed by atoms with Crippen LogP contribution in [0.25, 0.3) is 0 Å². The average molecular weight is 308 g/mol. The van der Waals surface area contributed by atoms with Crippen molar-refractivity contribution in [3.8, 4) is 0 Å². The van der Waals surface area contributed by atoms with Crippen molar-refractivity contribution in [2.24, 2.45) is 5.92 Å². The van der Waals surface area contributed by atoms with E-state index < -0.39 is 0 Å². The van der Waals surface area contributed by atoms with E-state index in [1.165, 1.54) is 6.07 Å². The van der Waals surface area contributed by atoms with E-state index in [-0.39, 0.29) is 24.3 Å². The minimum atomic E-state index is -0.243. The molecule has 1 atom stereocenters. The molecule has 1 saturated carbocycles. The lowest BCUT2D eigenvalue weighted by atomic mass is 9.91. The van der Waals surface area contributed by atoms with Gasteiger partial charge in [-0.2, -0.15) is 0 Å². The molecular formula is C17H25FN2O2. The zero-order valence-corrected chi connectivity index (χ0v) is 13.1. The maximum absolute atomic E-state index is 14.1. The number of rotatable bonds is 8. The summed E-state index contributed by atoms with van der Waals surface area (Å²) in [6.07, 6.45) is 4.38. The van der Waals surface area contributed by atoms with Crippen LogP contribution in [0, 0.1) is 11.7 Å². The lowest BCUT2D eigenvalue weighted by Gasteiger charge is -2.25. The van der Waals surface area contributed by atoms with Gasteiger partial charge in [0.05, 0.1) is 19.2 Å². The molecule has 0 heterocycles. The summed E-state index contributed by atoms with van der Waals surface area (Å²) in [7, 11) is 1.62. The van der Waals surface area contributed by atoms with E-state index in [1.807, 2.05) is 6.07 Å². The van der Waals surface area contributed by atoms with Gasteiger partial charge in [0.25, 0.3) is 0 Å². The van der Waals surface area contributed by atoms with Crippen molar-refractivity contribution in [1.82, 2.24) is 10.6 Å². The van der Waals surface area contributed by atoms with Crippen molar-refractivity contribution in [3.05, 3.63) is 35.6 Å². The van der Waals surface area contributed by atoms with Gasteiger partial charge in [-0.15, -0.1) is 0 Å². The van der Waals surface area contributed by atoms with Crippen molar-refractivity contribution in [1.29, 1.82) is 0 Å². The topological polar surface area (TPSA) is 50.4 Å². The second-order valence-corrected chi connectivity index (χ2v) is 5.78. The summed E-state index contributed by atoms with van der Waals surface area (Å²) in [4.78, 5) is 12.1. The molecule has 122 valence electrons. The van der Waals surface area contributed by atoms with Crippen LogP contribution in [0.2, 0.25) is 0 Å². The standard InChI is InChI=1S/C17H25FN2O2/c1-22-11-10-19-12-16(21)20-17(13-6-2-3-7-13)14-8-4-5-9-15(14)18/h4-5,8-9,13,17,19H,2-3,6-7,10-12H2,1H3,(H,20,21). The molecule has 0 aromatic heterocycles. The smallest absolute Gasteiger partial charge is 0.234 e. The molecule has 0 bridgehead atoms. The Labute approximate surface area is 131 Å². The quantitative estimate of drug-likeness (QED) is 0.725. The predicted molar refractivity (Wildman–Crippen MR) is 84.0 cm³/mol. The number of carbonyl (C=O) groups is 1. The van der Waals surface area contributed by atoms with E-state index in [1.54, 1.807) is 19.2 Å². The molecule has 4 nitrogen and oxygen atoms in total. The van der Waals surface area contributed by atoms with Crippen LogP contribution in [0.5, 0.6) is 0 Å². The van der Waals surface area contributed by atoms with Gasteiger partial charge >= 0.3 is 0 Å². The summed E-state index contributed by atoms with van der Waals surface area (Å²) in [6, 6.07) is 6.50. The highest BCUT2D eigenvalue weighted by atomic mass is 19.1. The van der Waals surface area contributed by atoms with E-state index in [0.29, 0.717) is 24.6 Å². The Bertz CT molecular complexity index is 475. The van der Waals surface area contributed by atoms with E-state index in [9.17, 15) is 9.18 Å². The number of benzene rings is 1. The van der Waals surface area contributed by atoms with Gasteiger partial charge in [-0.05, 0) is 24.8 Å². The van der Waals surface area contributed by atoms with Crippen LogP contribution < -0.4 is 10.6 Å². The lowest BCUT2D eigenvalue weighted by molar-refractivity contribution is -0.121. The first-order valence-electron chi connectivity index (χ1n) is 7.96. The molecule has 1 aromatic rings. The Morgan fingerprint density at radius 3 is 2.77 bits per heavy atom. The van der Waals surface area contributed by atoms with Crippen molar-refractivity contribution in [2.45, 2.75) is 31.7 Å². The lowest BCUT2D eigenvalue weighted by Crippen LogP contribution is -2.39. The first kappa shape index (κ1) is 16.9. The SMILES string of the molecule is COCCNCC(=O)NC(c1ccccc1F)C1CCCC1. The normalized spacial score (nSPS) is 16.6. The molecule has 0 spiro atoms. The number of methoxy groups -OCH3 is 1. The number of nitrogens with one attached hydrogen (secondary N) is 2. The van der Waals surface area contributed by atoms with Crippen LogP contribution >= 0.6 is 0 Å². The van der Waals surface area contributed by atoms with Gasteiger partial charge in [0, 0.05) is 19.2 Å². The van der Waals surface area contributed by atoms with Gasteiger partial charge in [-0.3, -0.25) is 4.79 Å². The number of hydrogen-bond acceptors (Lipinski definition) is 3. The molecule has 1 aromatic carbocycles. The molecule has 0 saturated heterocycles. The maximum atomic E-state index is 14.1. The highest BCUT2D eigenvalue weighted by Gasteiger charge is 2.29. The third kappa shape index (κ3) is 4.78. The number of carbonyl (C=O) groups excluding carboxylic acids is 1. The maximum Gasteiger partial charge on any atom is 0.234 e. The van der Waals surface area contributed by atoms with Crippen LogP contribution in [-0.2, 0) is 9.53 Å². The van der Waals surface area contributed by atoms with Crippen LogP contribution in [0.15, 0.2) is 24.3 Å². The van der Waals surface area contributed by atoms with E-state index >= 15 is 0 Å². The molecule has 0 radical (unpaired) electrons. The summed E-state index contributed by atoms with van der Waals surface area (Å²) in [5.74, 6) is -0.0249.